The first-order valence-corrected chi connectivity index (χ1v) is 6.68. The summed E-state index contributed by atoms with van der Waals surface area (Å²) in [4.78, 5) is 23.1. The van der Waals surface area contributed by atoms with E-state index in [-0.39, 0.29) is 6.61 Å². The van der Waals surface area contributed by atoms with E-state index in [1.807, 2.05) is 6.92 Å². The minimum atomic E-state index is -0.675. The number of benzene rings is 1. The number of aldehydes is 1. The minimum absolute atomic E-state index is 0.287. The Morgan fingerprint density at radius 3 is 2.40 bits per heavy atom. The fraction of sp³-hybridized carbons (Fsp3) is 0.467. The van der Waals surface area contributed by atoms with Gasteiger partial charge in [-0.3, -0.25) is 0 Å². The molecule has 0 bridgehead atoms. The zero-order chi connectivity index (χ0) is 15.0. The molecule has 1 aromatic rings. The molecule has 5 heteroatoms. The lowest BCUT2D eigenvalue weighted by Crippen LogP contribution is -2.39. The highest BCUT2D eigenvalue weighted by Gasteiger charge is 2.28. The quantitative estimate of drug-likeness (QED) is 0.584. The number of esters is 1. The monoisotopic (exact) mass is 279 g/mol. The number of carbonyl (C=O) groups is 2. The van der Waals surface area contributed by atoms with E-state index >= 15 is 0 Å². The number of anilines is 1. The Kier molecular flexibility index (Phi) is 6.56. The molecule has 0 unspecified atom stereocenters. The maximum atomic E-state index is 12.0. The Morgan fingerprint density at radius 1 is 1.30 bits per heavy atom. The summed E-state index contributed by atoms with van der Waals surface area (Å²) in [5.74, 6) is -0.107. The number of carbonyl (C=O) groups excluding carboxylic acids is 2. The minimum Gasteiger partial charge on any atom is -0.497 e. The highest BCUT2D eigenvalue weighted by molar-refractivity contribution is 5.83. The average molecular weight is 279 g/mol. The molecular weight excluding hydrogens is 258 g/mol. The molecule has 0 aliphatic heterocycles. The maximum Gasteiger partial charge on any atom is 0.329 e. The summed E-state index contributed by atoms with van der Waals surface area (Å²) in [7, 11) is 1.59. The third-order valence-electron chi connectivity index (χ3n) is 3.03. The molecule has 1 rings (SSSR count). The fourth-order valence-corrected chi connectivity index (χ4v) is 1.85. The van der Waals surface area contributed by atoms with Gasteiger partial charge in [-0.25, -0.2) is 4.79 Å². The summed E-state index contributed by atoms with van der Waals surface area (Å²) >= 11 is 0. The van der Waals surface area contributed by atoms with Crippen molar-refractivity contribution in [2.75, 3.05) is 19.0 Å². The molecule has 0 saturated carbocycles. The first-order valence-electron chi connectivity index (χ1n) is 6.68. The molecule has 0 radical (unpaired) electrons. The predicted octanol–water partition coefficient (Wildman–Crippen LogP) is 2.26. The number of methoxy groups -OCH3 is 1. The second-order valence-electron chi connectivity index (χ2n) is 4.31. The lowest BCUT2D eigenvalue weighted by molar-refractivity contribution is -0.146. The molecule has 0 amide bonds. The lowest BCUT2D eigenvalue weighted by atomic mass is 9.98. The second kappa shape index (κ2) is 8.19. The molecule has 1 N–H and O–H groups in total. The zero-order valence-electron chi connectivity index (χ0n) is 12.1. The third-order valence-corrected chi connectivity index (χ3v) is 3.03. The summed E-state index contributed by atoms with van der Waals surface area (Å²) in [5, 5.41) is 3.06. The first kappa shape index (κ1) is 16.0. The van der Waals surface area contributed by atoms with Gasteiger partial charge in [-0.15, -0.1) is 0 Å². The lowest BCUT2D eigenvalue weighted by Gasteiger charge is -2.22. The summed E-state index contributed by atoms with van der Waals surface area (Å²) in [6, 6.07) is 6.48. The molecule has 0 aromatic heterocycles. The maximum absolute atomic E-state index is 12.0. The number of hydrogen-bond acceptors (Lipinski definition) is 5. The van der Waals surface area contributed by atoms with Crippen LogP contribution in [0.4, 0.5) is 5.69 Å². The third kappa shape index (κ3) is 4.26. The van der Waals surface area contributed by atoms with Crippen molar-refractivity contribution in [3.63, 3.8) is 0 Å². The van der Waals surface area contributed by atoms with Crippen LogP contribution in [-0.4, -0.2) is 32.0 Å². The Bertz CT molecular complexity index is 430. The topological polar surface area (TPSA) is 64.6 Å². The van der Waals surface area contributed by atoms with Gasteiger partial charge in [-0.2, -0.15) is 0 Å². The highest BCUT2D eigenvalue weighted by atomic mass is 16.5. The van der Waals surface area contributed by atoms with E-state index in [4.69, 9.17) is 9.47 Å². The normalized spacial score (nSPS) is 13.2. The Balaban J connectivity index is 2.86. The van der Waals surface area contributed by atoms with Crippen LogP contribution in [0.1, 0.15) is 20.3 Å². The van der Waals surface area contributed by atoms with E-state index in [0.717, 1.165) is 17.7 Å². The van der Waals surface area contributed by atoms with E-state index in [1.54, 1.807) is 38.3 Å². The molecule has 1 aromatic carbocycles. The van der Waals surface area contributed by atoms with Crippen LogP contribution in [0.25, 0.3) is 0 Å². The average Bonchev–Trinajstić information content (AvgIpc) is 2.48. The van der Waals surface area contributed by atoms with Crippen LogP contribution in [0.3, 0.4) is 0 Å². The van der Waals surface area contributed by atoms with Crippen LogP contribution in [0, 0.1) is 5.92 Å². The molecular formula is C15H21NO4. The fourth-order valence-electron chi connectivity index (χ4n) is 1.85. The second-order valence-corrected chi connectivity index (χ2v) is 4.31. The van der Waals surface area contributed by atoms with E-state index in [1.165, 1.54) is 0 Å². The SMILES string of the molecule is CCOC(=O)[C@H](Nc1ccc(OC)cc1)[C@@H](C=O)CC. The molecule has 5 nitrogen and oxygen atoms in total. The zero-order valence-corrected chi connectivity index (χ0v) is 12.1. The van der Waals surface area contributed by atoms with Crippen LogP contribution in [0.15, 0.2) is 24.3 Å². The van der Waals surface area contributed by atoms with Crippen LogP contribution in [0.5, 0.6) is 5.75 Å². The van der Waals surface area contributed by atoms with E-state index < -0.39 is 17.9 Å². The number of rotatable bonds is 8. The van der Waals surface area contributed by atoms with Crippen molar-refractivity contribution in [1.29, 1.82) is 0 Å². The molecule has 0 spiro atoms. The van der Waals surface area contributed by atoms with Gasteiger partial charge in [0.05, 0.1) is 13.7 Å². The van der Waals surface area contributed by atoms with Crippen molar-refractivity contribution in [1.82, 2.24) is 0 Å². The highest BCUT2D eigenvalue weighted by Crippen LogP contribution is 2.19. The number of nitrogens with one attached hydrogen (secondary N) is 1. The standard InChI is InChI=1S/C15H21NO4/c1-4-11(10-17)14(15(18)20-5-2)16-12-6-8-13(19-3)9-7-12/h6-11,14,16H,4-5H2,1-3H3/t11-,14-/m1/s1. The van der Waals surface area contributed by atoms with Crippen molar-refractivity contribution in [3.05, 3.63) is 24.3 Å². The molecule has 0 aliphatic carbocycles. The van der Waals surface area contributed by atoms with Crippen LogP contribution in [0.2, 0.25) is 0 Å². The largest absolute Gasteiger partial charge is 0.497 e. The van der Waals surface area contributed by atoms with E-state index in [2.05, 4.69) is 5.32 Å². The van der Waals surface area contributed by atoms with Gasteiger partial charge in [-0.1, -0.05) is 6.92 Å². The van der Waals surface area contributed by atoms with Gasteiger partial charge < -0.3 is 19.6 Å². The first-order chi connectivity index (χ1) is 9.65. The molecule has 0 fully saturated rings. The molecule has 2 atom stereocenters. The molecule has 110 valence electrons. The Hall–Kier alpha value is -2.04. The van der Waals surface area contributed by atoms with Gasteiger partial charge in [0, 0.05) is 11.6 Å². The number of ether oxygens (including phenoxy) is 2. The van der Waals surface area contributed by atoms with Crippen molar-refractivity contribution in [2.45, 2.75) is 26.3 Å². The van der Waals surface area contributed by atoms with Gasteiger partial charge in [0.25, 0.3) is 0 Å². The Morgan fingerprint density at radius 2 is 1.95 bits per heavy atom. The van der Waals surface area contributed by atoms with Gasteiger partial charge in [0.1, 0.15) is 18.1 Å². The summed E-state index contributed by atoms with van der Waals surface area (Å²) < 4.78 is 10.1. The summed E-state index contributed by atoms with van der Waals surface area (Å²) in [6.45, 7) is 3.89. The van der Waals surface area contributed by atoms with Crippen molar-refractivity contribution in [3.8, 4) is 5.75 Å². The van der Waals surface area contributed by atoms with Crippen molar-refractivity contribution >= 4 is 17.9 Å². The molecule has 0 aliphatic rings. The van der Waals surface area contributed by atoms with E-state index in [0.29, 0.717) is 6.42 Å². The van der Waals surface area contributed by atoms with Crippen LogP contribution >= 0.6 is 0 Å². The summed E-state index contributed by atoms with van der Waals surface area (Å²) in [6.07, 6.45) is 1.36. The number of hydrogen-bond donors (Lipinski definition) is 1. The Labute approximate surface area is 119 Å². The van der Waals surface area contributed by atoms with Crippen molar-refractivity contribution in [2.24, 2.45) is 5.92 Å². The molecule has 0 heterocycles. The van der Waals surface area contributed by atoms with Gasteiger partial charge in [0.15, 0.2) is 0 Å². The van der Waals surface area contributed by atoms with Gasteiger partial charge in [-0.05, 0) is 37.6 Å². The predicted molar refractivity (Wildman–Crippen MR) is 76.9 cm³/mol. The van der Waals surface area contributed by atoms with Gasteiger partial charge >= 0.3 is 5.97 Å². The smallest absolute Gasteiger partial charge is 0.329 e. The van der Waals surface area contributed by atoms with Crippen LogP contribution < -0.4 is 10.1 Å². The molecule has 0 saturated heterocycles. The summed E-state index contributed by atoms with van der Waals surface area (Å²) in [5.41, 5.74) is 0.740. The van der Waals surface area contributed by atoms with Crippen LogP contribution in [-0.2, 0) is 14.3 Å². The van der Waals surface area contributed by atoms with E-state index in [9.17, 15) is 9.59 Å². The molecule has 20 heavy (non-hydrogen) atoms. The van der Waals surface area contributed by atoms with Crippen molar-refractivity contribution < 1.29 is 19.1 Å². The van der Waals surface area contributed by atoms with Gasteiger partial charge in [0.2, 0.25) is 0 Å².